The maximum atomic E-state index is 11.3. The zero-order valence-corrected chi connectivity index (χ0v) is 26.1. The van der Waals surface area contributed by atoms with Gasteiger partial charge in [-0.15, -0.1) is 0 Å². The molecule has 0 spiro atoms. The molecule has 6 aromatic rings. The molecule has 0 aliphatic carbocycles. The van der Waals surface area contributed by atoms with Crippen LogP contribution in [0.4, 0.5) is 0 Å². The largest absolute Gasteiger partial charge is 0.478 e. The molecule has 0 amide bonds. The SMILES string of the molecule is Cc1cc(C2(c3ccc(Oc4ccc(C(=O)O)cc4)c(C)c3)c3ccccc3Oc3ccccc32)ccc1Oc1ccc(C(=O)O)cc1. The summed E-state index contributed by atoms with van der Waals surface area (Å²) < 4.78 is 18.9. The van der Waals surface area contributed by atoms with Crippen LogP contribution in [0.25, 0.3) is 0 Å². The van der Waals surface area contributed by atoms with Gasteiger partial charge in [-0.05, 0) is 109 Å². The smallest absolute Gasteiger partial charge is 0.335 e. The molecule has 7 rings (SSSR count). The average Bonchev–Trinajstić information content (AvgIpc) is 3.09. The number of para-hydroxylation sites is 2. The van der Waals surface area contributed by atoms with Crippen LogP contribution in [0, 0.1) is 13.8 Å². The number of benzene rings is 6. The highest BCUT2D eigenvalue weighted by molar-refractivity contribution is 5.88. The topological polar surface area (TPSA) is 102 Å². The molecule has 0 aromatic heterocycles. The van der Waals surface area contributed by atoms with E-state index in [1.54, 1.807) is 24.3 Å². The van der Waals surface area contributed by atoms with Crippen molar-refractivity contribution in [2.24, 2.45) is 0 Å². The van der Waals surface area contributed by atoms with Crippen LogP contribution >= 0.6 is 0 Å². The molecule has 236 valence electrons. The molecule has 6 aromatic carbocycles. The van der Waals surface area contributed by atoms with E-state index in [2.05, 4.69) is 36.4 Å². The highest BCUT2D eigenvalue weighted by atomic mass is 16.5. The molecule has 0 unspecified atom stereocenters. The fourth-order valence-electron chi connectivity index (χ4n) is 6.36. The molecule has 0 radical (unpaired) electrons. The van der Waals surface area contributed by atoms with Gasteiger partial charge in [-0.25, -0.2) is 9.59 Å². The van der Waals surface area contributed by atoms with Crippen LogP contribution in [-0.4, -0.2) is 22.2 Å². The van der Waals surface area contributed by atoms with E-state index < -0.39 is 17.4 Å². The summed E-state index contributed by atoms with van der Waals surface area (Å²) in [5.41, 5.74) is 5.39. The Morgan fingerprint density at radius 2 is 0.938 bits per heavy atom. The number of aromatic carboxylic acids is 2. The van der Waals surface area contributed by atoms with Crippen molar-refractivity contribution in [2.45, 2.75) is 19.3 Å². The van der Waals surface area contributed by atoms with Gasteiger partial charge in [0.1, 0.15) is 34.5 Å². The van der Waals surface area contributed by atoms with Gasteiger partial charge in [0, 0.05) is 11.1 Å². The van der Waals surface area contributed by atoms with Crippen molar-refractivity contribution >= 4 is 11.9 Å². The number of carboxylic acids is 2. The fourth-order valence-corrected chi connectivity index (χ4v) is 6.36. The Kier molecular flexibility index (Phi) is 7.65. The van der Waals surface area contributed by atoms with E-state index in [1.165, 1.54) is 24.3 Å². The Bertz CT molecular complexity index is 2030. The molecular formula is C41H30O7. The van der Waals surface area contributed by atoms with Gasteiger partial charge in [-0.1, -0.05) is 60.7 Å². The molecular weight excluding hydrogens is 604 g/mol. The summed E-state index contributed by atoms with van der Waals surface area (Å²) in [6.45, 7) is 3.99. The minimum atomic E-state index is -0.992. The fraction of sp³-hybridized carbons (Fsp3) is 0.0732. The van der Waals surface area contributed by atoms with Crippen molar-refractivity contribution in [2.75, 3.05) is 0 Å². The van der Waals surface area contributed by atoms with E-state index in [1.807, 2.05) is 62.4 Å². The summed E-state index contributed by atoms with van der Waals surface area (Å²) in [5.74, 6) is 1.90. The lowest BCUT2D eigenvalue weighted by atomic mass is 9.63. The predicted molar refractivity (Wildman–Crippen MR) is 181 cm³/mol. The van der Waals surface area contributed by atoms with Crippen LogP contribution in [0.5, 0.6) is 34.5 Å². The number of hydrogen-bond acceptors (Lipinski definition) is 5. The average molecular weight is 635 g/mol. The van der Waals surface area contributed by atoms with Crippen molar-refractivity contribution in [3.8, 4) is 34.5 Å². The Morgan fingerprint density at radius 1 is 0.542 bits per heavy atom. The Hall–Kier alpha value is -6.34. The number of rotatable bonds is 8. The lowest BCUT2D eigenvalue weighted by Gasteiger charge is -2.42. The van der Waals surface area contributed by atoms with Crippen LogP contribution in [0.2, 0.25) is 0 Å². The first kappa shape index (κ1) is 30.3. The van der Waals surface area contributed by atoms with Gasteiger partial charge in [-0.2, -0.15) is 0 Å². The predicted octanol–water partition coefficient (Wildman–Crippen LogP) is 9.77. The van der Waals surface area contributed by atoms with Crippen molar-refractivity contribution in [3.05, 3.63) is 178 Å². The summed E-state index contributed by atoms with van der Waals surface area (Å²) in [4.78, 5) is 22.6. The van der Waals surface area contributed by atoms with Gasteiger partial charge in [0.05, 0.1) is 16.5 Å². The van der Waals surface area contributed by atoms with Gasteiger partial charge < -0.3 is 24.4 Å². The standard InChI is InChI=1S/C41H30O7/c1-25-23-29(15-21-35(25)46-31-17-11-27(12-18-31)39(42)43)41(33-7-3-5-9-37(33)48-38-10-6-4-8-34(38)41)30-16-22-36(26(2)24-30)47-32-19-13-28(14-20-32)40(44)45/h3-24H,1-2H3,(H,42,43)(H,44,45). The van der Waals surface area contributed by atoms with Gasteiger partial charge in [-0.3, -0.25) is 0 Å². The summed E-state index contributed by atoms with van der Waals surface area (Å²) >= 11 is 0. The normalized spacial score (nSPS) is 12.6. The monoisotopic (exact) mass is 634 g/mol. The van der Waals surface area contributed by atoms with Crippen molar-refractivity contribution < 1.29 is 34.0 Å². The number of ether oxygens (including phenoxy) is 3. The molecule has 2 N–H and O–H groups in total. The molecule has 1 aliphatic rings. The first-order valence-electron chi connectivity index (χ1n) is 15.4. The summed E-state index contributed by atoms with van der Waals surface area (Å²) in [6.07, 6.45) is 0. The molecule has 0 bridgehead atoms. The van der Waals surface area contributed by atoms with Crippen LogP contribution in [0.15, 0.2) is 133 Å². The van der Waals surface area contributed by atoms with E-state index in [4.69, 9.17) is 14.2 Å². The van der Waals surface area contributed by atoms with Crippen molar-refractivity contribution in [3.63, 3.8) is 0 Å². The summed E-state index contributed by atoms with van der Waals surface area (Å²) in [6, 6.07) is 41.1. The van der Waals surface area contributed by atoms with Gasteiger partial charge >= 0.3 is 11.9 Å². The summed E-state index contributed by atoms with van der Waals surface area (Å²) in [7, 11) is 0. The molecule has 7 nitrogen and oxygen atoms in total. The zero-order valence-electron chi connectivity index (χ0n) is 26.1. The van der Waals surface area contributed by atoms with Crippen LogP contribution in [-0.2, 0) is 5.41 Å². The molecule has 0 fully saturated rings. The molecule has 0 saturated heterocycles. The summed E-state index contributed by atoms with van der Waals surface area (Å²) in [5, 5.41) is 18.5. The third kappa shape index (κ3) is 5.31. The molecule has 0 saturated carbocycles. The second-order valence-corrected chi connectivity index (χ2v) is 11.7. The lowest BCUT2D eigenvalue weighted by molar-refractivity contribution is 0.0686. The maximum Gasteiger partial charge on any atom is 0.335 e. The molecule has 0 atom stereocenters. The molecule has 48 heavy (non-hydrogen) atoms. The number of carboxylic acid groups (broad SMARTS) is 2. The Balaban J connectivity index is 1.35. The lowest BCUT2D eigenvalue weighted by Crippen LogP contribution is -2.34. The number of hydrogen-bond donors (Lipinski definition) is 2. The van der Waals surface area contributed by atoms with Crippen LogP contribution in [0.1, 0.15) is 54.1 Å². The maximum absolute atomic E-state index is 11.3. The molecule has 7 heteroatoms. The third-order valence-electron chi connectivity index (χ3n) is 8.68. The minimum absolute atomic E-state index is 0.191. The van der Waals surface area contributed by atoms with Crippen LogP contribution < -0.4 is 14.2 Å². The Morgan fingerprint density at radius 3 is 1.31 bits per heavy atom. The first-order chi connectivity index (χ1) is 23.2. The van der Waals surface area contributed by atoms with E-state index in [9.17, 15) is 19.8 Å². The van der Waals surface area contributed by atoms with E-state index >= 15 is 0 Å². The van der Waals surface area contributed by atoms with E-state index in [0.717, 1.165) is 44.9 Å². The minimum Gasteiger partial charge on any atom is -0.478 e. The third-order valence-corrected chi connectivity index (χ3v) is 8.68. The number of fused-ring (bicyclic) bond motifs is 2. The second kappa shape index (κ2) is 12.1. The zero-order chi connectivity index (χ0) is 33.4. The van der Waals surface area contributed by atoms with Gasteiger partial charge in [0.2, 0.25) is 0 Å². The van der Waals surface area contributed by atoms with E-state index in [0.29, 0.717) is 23.0 Å². The molecule has 1 heterocycles. The van der Waals surface area contributed by atoms with Gasteiger partial charge in [0.15, 0.2) is 0 Å². The second-order valence-electron chi connectivity index (χ2n) is 11.7. The first-order valence-corrected chi connectivity index (χ1v) is 15.4. The van der Waals surface area contributed by atoms with Crippen LogP contribution in [0.3, 0.4) is 0 Å². The highest BCUT2D eigenvalue weighted by Crippen LogP contribution is 2.56. The number of aryl methyl sites for hydroxylation is 2. The Labute approximate surface area is 277 Å². The van der Waals surface area contributed by atoms with Gasteiger partial charge in [0.25, 0.3) is 0 Å². The quantitative estimate of drug-likeness (QED) is 0.172. The highest BCUT2D eigenvalue weighted by Gasteiger charge is 2.45. The van der Waals surface area contributed by atoms with E-state index in [-0.39, 0.29) is 11.1 Å². The van der Waals surface area contributed by atoms with Crippen molar-refractivity contribution in [1.29, 1.82) is 0 Å². The number of carbonyl (C=O) groups is 2. The molecule has 1 aliphatic heterocycles. The van der Waals surface area contributed by atoms with Crippen molar-refractivity contribution in [1.82, 2.24) is 0 Å².